The van der Waals surface area contributed by atoms with Crippen molar-refractivity contribution in [2.24, 2.45) is 0 Å². The van der Waals surface area contributed by atoms with Crippen molar-refractivity contribution in [2.75, 3.05) is 4.90 Å². The largest absolute Gasteiger partial charge is 0.310 e. The molecule has 0 aromatic heterocycles. The Bertz CT molecular complexity index is 3330. The summed E-state index contributed by atoms with van der Waals surface area (Å²) in [4.78, 5) is 2.49. The van der Waals surface area contributed by atoms with E-state index in [4.69, 9.17) is 0 Å². The van der Waals surface area contributed by atoms with Gasteiger partial charge in [0.2, 0.25) is 0 Å². The van der Waals surface area contributed by atoms with Gasteiger partial charge in [0.15, 0.2) is 0 Å². The van der Waals surface area contributed by atoms with E-state index in [1.165, 1.54) is 127 Å². The lowest BCUT2D eigenvalue weighted by Gasteiger charge is -2.29. The van der Waals surface area contributed by atoms with Gasteiger partial charge in [-0.1, -0.05) is 238 Å². The Kier molecular flexibility index (Phi) is 13.1. The number of hydrogen-bond acceptors (Lipinski definition) is 1. The summed E-state index contributed by atoms with van der Waals surface area (Å²) in [6.07, 6.45) is 6.69. The Labute approximate surface area is 446 Å². The summed E-state index contributed by atoms with van der Waals surface area (Å²) in [6.45, 7) is 32.9. The third-order valence-corrected chi connectivity index (χ3v) is 16.6. The third-order valence-electron chi connectivity index (χ3n) is 16.6. The molecule has 1 heteroatoms. The fraction of sp³-hybridized carbons (Fsp3) is 0.342. The standard InChI is InChI=1S/C73H81N/c1-69(2,3)58-38-53(36-54(39-58)55-37-56(41-59(40-55)70(4,5)6)57-42-60(71(7,8)9)46-61(43-57)72(10,11)12)52-25-21-27-63(45-52)74(64-34-35-66-65-28-18-19-29-67(65)73(13,14)68(66)47-64)62-26-20-24-51(44-62)50-32-30-49(31-33-50)48-22-16-15-17-23-48/h18-21,24-48H,15-17,22-23H2,1-14H3. The van der Waals surface area contributed by atoms with Crippen molar-refractivity contribution in [1.82, 2.24) is 0 Å². The molecule has 0 radical (unpaired) electrons. The van der Waals surface area contributed by atoms with Crippen molar-refractivity contribution in [1.29, 1.82) is 0 Å². The summed E-state index contributed by atoms with van der Waals surface area (Å²) in [5.41, 5.74) is 25.5. The maximum atomic E-state index is 2.49. The van der Waals surface area contributed by atoms with Crippen LogP contribution in [0.15, 0.2) is 170 Å². The van der Waals surface area contributed by atoms with Crippen LogP contribution >= 0.6 is 0 Å². The second-order valence-corrected chi connectivity index (χ2v) is 26.7. The van der Waals surface area contributed by atoms with Gasteiger partial charge in [0.05, 0.1) is 0 Å². The molecule has 0 amide bonds. The molecule has 378 valence electrons. The van der Waals surface area contributed by atoms with Gasteiger partial charge in [-0.2, -0.15) is 0 Å². The fourth-order valence-corrected chi connectivity index (χ4v) is 11.8. The van der Waals surface area contributed by atoms with Crippen LogP contribution in [0.25, 0.3) is 55.6 Å². The molecule has 8 aromatic carbocycles. The molecule has 0 unspecified atom stereocenters. The van der Waals surface area contributed by atoms with Gasteiger partial charge in [0.25, 0.3) is 0 Å². The van der Waals surface area contributed by atoms with Crippen LogP contribution in [0.5, 0.6) is 0 Å². The molecule has 0 N–H and O–H groups in total. The SMILES string of the molecule is CC(C)(C)c1cc(-c2cccc(N(c3cccc(-c4ccc(C5CCCCC5)cc4)c3)c3ccc4c(c3)C(C)(C)c3ccccc3-4)c2)cc(-c2cc(-c3cc(C(C)(C)C)cc(C(C)(C)C)c3)cc(C(C)(C)C)c2)c1. The molecule has 2 aliphatic carbocycles. The summed E-state index contributed by atoms with van der Waals surface area (Å²) in [5, 5.41) is 0. The van der Waals surface area contributed by atoms with E-state index in [0.717, 1.165) is 17.1 Å². The van der Waals surface area contributed by atoms with E-state index in [1.807, 2.05) is 0 Å². The number of hydrogen-bond donors (Lipinski definition) is 0. The van der Waals surface area contributed by atoms with Crippen LogP contribution in [0, 0.1) is 0 Å². The summed E-state index contributed by atoms with van der Waals surface area (Å²) in [6, 6.07) is 66.2. The van der Waals surface area contributed by atoms with Crippen LogP contribution in [0.2, 0.25) is 0 Å². The van der Waals surface area contributed by atoms with Crippen LogP contribution in [0.1, 0.15) is 174 Å². The van der Waals surface area contributed by atoms with Crippen LogP contribution < -0.4 is 4.90 Å². The van der Waals surface area contributed by atoms with E-state index < -0.39 is 0 Å². The summed E-state index contributed by atoms with van der Waals surface area (Å²) >= 11 is 0. The van der Waals surface area contributed by atoms with Crippen molar-refractivity contribution in [3.8, 4) is 55.6 Å². The van der Waals surface area contributed by atoms with Crippen LogP contribution in [0.4, 0.5) is 17.1 Å². The molecular weight excluding hydrogens is 891 g/mol. The van der Waals surface area contributed by atoms with Crippen molar-refractivity contribution in [3.05, 3.63) is 209 Å². The lowest BCUT2D eigenvalue weighted by atomic mass is 9.77. The highest BCUT2D eigenvalue weighted by Gasteiger charge is 2.36. The Morgan fingerprint density at radius 3 is 1.26 bits per heavy atom. The Balaban J connectivity index is 1.11. The Hall–Kier alpha value is -6.44. The van der Waals surface area contributed by atoms with Gasteiger partial charge in [-0.25, -0.2) is 0 Å². The van der Waals surface area contributed by atoms with E-state index in [-0.39, 0.29) is 27.1 Å². The highest BCUT2D eigenvalue weighted by Crippen LogP contribution is 2.51. The fourth-order valence-electron chi connectivity index (χ4n) is 11.8. The summed E-state index contributed by atoms with van der Waals surface area (Å²) in [5.74, 6) is 0.687. The smallest absolute Gasteiger partial charge is 0.0467 e. The Morgan fingerprint density at radius 2 is 0.757 bits per heavy atom. The zero-order valence-electron chi connectivity index (χ0n) is 47.2. The average molecular weight is 972 g/mol. The first-order chi connectivity index (χ1) is 34.9. The molecule has 1 fully saturated rings. The minimum atomic E-state index is -0.129. The summed E-state index contributed by atoms with van der Waals surface area (Å²) in [7, 11) is 0. The minimum Gasteiger partial charge on any atom is -0.310 e. The number of nitrogens with zero attached hydrogens (tertiary/aromatic N) is 1. The van der Waals surface area contributed by atoms with Gasteiger partial charge in [-0.3, -0.25) is 0 Å². The van der Waals surface area contributed by atoms with Gasteiger partial charge in [-0.05, 0) is 184 Å². The van der Waals surface area contributed by atoms with Crippen molar-refractivity contribution in [2.45, 2.75) is 162 Å². The van der Waals surface area contributed by atoms with Crippen LogP contribution in [-0.4, -0.2) is 0 Å². The topological polar surface area (TPSA) is 3.24 Å². The number of fused-ring (bicyclic) bond motifs is 3. The van der Waals surface area contributed by atoms with Gasteiger partial charge in [0, 0.05) is 22.5 Å². The number of anilines is 3. The zero-order valence-corrected chi connectivity index (χ0v) is 47.2. The molecular formula is C73H81N. The molecule has 10 rings (SSSR count). The molecule has 74 heavy (non-hydrogen) atoms. The normalized spacial score (nSPS) is 14.9. The van der Waals surface area contributed by atoms with Crippen molar-refractivity contribution in [3.63, 3.8) is 0 Å². The molecule has 0 saturated heterocycles. The van der Waals surface area contributed by atoms with E-state index in [1.54, 1.807) is 0 Å². The highest BCUT2D eigenvalue weighted by atomic mass is 15.1. The average Bonchev–Trinajstić information content (AvgIpc) is 3.60. The second-order valence-electron chi connectivity index (χ2n) is 26.7. The van der Waals surface area contributed by atoms with Gasteiger partial charge >= 0.3 is 0 Å². The van der Waals surface area contributed by atoms with Gasteiger partial charge in [0.1, 0.15) is 0 Å². The predicted octanol–water partition coefficient (Wildman–Crippen LogP) is 21.4. The van der Waals surface area contributed by atoms with Gasteiger partial charge in [-0.15, -0.1) is 0 Å². The molecule has 8 aromatic rings. The molecule has 1 saturated carbocycles. The monoisotopic (exact) mass is 972 g/mol. The maximum absolute atomic E-state index is 2.49. The molecule has 0 aliphatic heterocycles. The molecule has 0 atom stereocenters. The highest BCUT2D eigenvalue weighted by molar-refractivity contribution is 5.88. The quantitative estimate of drug-likeness (QED) is 0.147. The molecule has 0 spiro atoms. The maximum Gasteiger partial charge on any atom is 0.0467 e. The van der Waals surface area contributed by atoms with E-state index in [0.29, 0.717) is 5.92 Å². The first kappa shape index (κ1) is 51.1. The van der Waals surface area contributed by atoms with Crippen LogP contribution in [-0.2, 0) is 27.1 Å². The predicted molar refractivity (Wildman–Crippen MR) is 321 cm³/mol. The van der Waals surface area contributed by atoms with Crippen LogP contribution in [0.3, 0.4) is 0 Å². The van der Waals surface area contributed by atoms with E-state index >= 15 is 0 Å². The summed E-state index contributed by atoms with van der Waals surface area (Å²) < 4.78 is 0. The zero-order chi connectivity index (χ0) is 52.5. The molecule has 0 heterocycles. The molecule has 2 aliphatic rings. The molecule has 0 bridgehead atoms. The lowest BCUT2D eigenvalue weighted by Crippen LogP contribution is -2.16. The van der Waals surface area contributed by atoms with E-state index in [2.05, 4.69) is 272 Å². The number of rotatable bonds is 8. The third kappa shape index (κ3) is 10.2. The molecule has 1 nitrogen and oxygen atoms in total. The van der Waals surface area contributed by atoms with E-state index in [9.17, 15) is 0 Å². The Morgan fingerprint density at radius 1 is 0.338 bits per heavy atom. The first-order valence-electron chi connectivity index (χ1n) is 27.8. The second kappa shape index (κ2) is 19.0. The first-order valence-corrected chi connectivity index (χ1v) is 27.8. The van der Waals surface area contributed by atoms with Gasteiger partial charge < -0.3 is 4.90 Å². The number of benzene rings is 8. The lowest BCUT2D eigenvalue weighted by molar-refractivity contribution is 0.443. The minimum absolute atomic E-state index is 0.0204. The van der Waals surface area contributed by atoms with Crippen molar-refractivity contribution < 1.29 is 0 Å². The van der Waals surface area contributed by atoms with Crippen molar-refractivity contribution >= 4 is 17.1 Å².